The van der Waals surface area contributed by atoms with Gasteiger partial charge in [-0.1, -0.05) is 0 Å². The number of primary amides is 1. The smallest absolute Gasteiger partial charge is 0.250 e. The lowest BCUT2D eigenvalue weighted by Crippen LogP contribution is -2.36. The summed E-state index contributed by atoms with van der Waals surface area (Å²) in [5.74, 6) is -0.532. The molecule has 5 heteroatoms. The first kappa shape index (κ1) is 13.3. The molecule has 1 amide bonds. The molecular weight excluding hydrogens is 218 g/mol. The highest BCUT2D eigenvalue weighted by Gasteiger charge is 2.17. The summed E-state index contributed by atoms with van der Waals surface area (Å²) < 4.78 is 5.10. The maximum atomic E-state index is 11.2. The van der Waals surface area contributed by atoms with Crippen LogP contribution in [0.2, 0.25) is 0 Å². The van der Waals surface area contributed by atoms with E-state index in [9.17, 15) is 4.79 Å². The third-order valence-corrected chi connectivity index (χ3v) is 2.31. The molecule has 17 heavy (non-hydrogen) atoms. The predicted octanol–water partition coefficient (Wildman–Crippen LogP) is 1.20. The minimum atomic E-state index is -0.532. The van der Waals surface area contributed by atoms with Crippen LogP contribution in [0, 0.1) is 0 Å². The molecule has 5 N–H and O–H groups in total. The summed E-state index contributed by atoms with van der Waals surface area (Å²) in [6.45, 7) is 4.54. The zero-order valence-corrected chi connectivity index (χ0v) is 10.4. The first-order valence-electron chi connectivity index (χ1n) is 5.32. The third kappa shape index (κ3) is 3.64. The number of carbonyl (C=O) groups is 1. The Kier molecular flexibility index (Phi) is 3.96. The fourth-order valence-corrected chi connectivity index (χ4v) is 1.64. The zero-order chi connectivity index (χ0) is 13.1. The van der Waals surface area contributed by atoms with E-state index in [1.54, 1.807) is 25.3 Å². The molecule has 0 saturated carbocycles. The molecule has 0 spiro atoms. The number of nitrogens with two attached hydrogens (primary N) is 2. The second kappa shape index (κ2) is 5.05. The minimum Gasteiger partial charge on any atom is -0.398 e. The van der Waals surface area contributed by atoms with Crippen LogP contribution in [0.15, 0.2) is 18.2 Å². The molecule has 0 fully saturated rings. The van der Waals surface area contributed by atoms with Crippen molar-refractivity contribution < 1.29 is 9.53 Å². The van der Waals surface area contributed by atoms with E-state index >= 15 is 0 Å². The Balaban J connectivity index is 2.93. The van der Waals surface area contributed by atoms with Crippen LogP contribution in [0.1, 0.15) is 24.2 Å². The van der Waals surface area contributed by atoms with Gasteiger partial charge < -0.3 is 21.5 Å². The molecule has 0 heterocycles. The summed E-state index contributed by atoms with van der Waals surface area (Å²) in [6, 6.07) is 5.11. The molecule has 0 unspecified atom stereocenters. The molecule has 0 bridgehead atoms. The molecule has 1 aromatic rings. The van der Waals surface area contributed by atoms with Crippen LogP contribution in [-0.2, 0) is 4.74 Å². The molecule has 0 aromatic heterocycles. The topological polar surface area (TPSA) is 90.4 Å². The number of carbonyl (C=O) groups excluding carboxylic acids is 1. The number of hydrogen-bond acceptors (Lipinski definition) is 4. The lowest BCUT2D eigenvalue weighted by atomic mass is 10.1. The molecular formula is C12H19N3O2. The van der Waals surface area contributed by atoms with E-state index in [4.69, 9.17) is 16.2 Å². The van der Waals surface area contributed by atoms with Gasteiger partial charge >= 0.3 is 0 Å². The molecule has 0 saturated heterocycles. The van der Waals surface area contributed by atoms with Gasteiger partial charge in [0, 0.05) is 18.5 Å². The van der Waals surface area contributed by atoms with Gasteiger partial charge in [0.05, 0.1) is 17.7 Å². The van der Waals surface area contributed by atoms with E-state index in [2.05, 4.69) is 5.32 Å². The maximum absolute atomic E-state index is 11.2. The minimum absolute atomic E-state index is 0.236. The molecule has 1 aromatic carbocycles. The van der Waals surface area contributed by atoms with Crippen LogP contribution in [0.4, 0.5) is 11.4 Å². The largest absolute Gasteiger partial charge is 0.398 e. The van der Waals surface area contributed by atoms with Gasteiger partial charge in [0.25, 0.3) is 5.91 Å². The Labute approximate surface area is 101 Å². The van der Waals surface area contributed by atoms with Crippen molar-refractivity contribution in [2.24, 2.45) is 5.73 Å². The van der Waals surface area contributed by atoms with Crippen LogP contribution in [0.25, 0.3) is 0 Å². The number of rotatable bonds is 5. The van der Waals surface area contributed by atoms with Gasteiger partial charge in [-0.25, -0.2) is 0 Å². The second-order valence-corrected chi connectivity index (χ2v) is 4.61. The van der Waals surface area contributed by atoms with E-state index in [0.717, 1.165) is 5.69 Å². The van der Waals surface area contributed by atoms with Crippen molar-refractivity contribution in [2.75, 3.05) is 24.8 Å². The fraction of sp³-hybridized carbons (Fsp3) is 0.417. The number of benzene rings is 1. The number of hydrogen-bond donors (Lipinski definition) is 3. The van der Waals surface area contributed by atoms with Gasteiger partial charge in [-0.2, -0.15) is 0 Å². The summed E-state index contributed by atoms with van der Waals surface area (Å²) >= 11 is 0. The highest BCUT2D eigenvalue weighted by molar-refractivity contribution is 5.98. The van der Waals surface area contributed by atoms with Crippen molar-refractivity contribution in [3.8, 4) is 0 Å². The number of nitrogens with one attached hydrogen (secondary N) is 1. The molecule has 0 atom stereocenters. The fourth-order valence-electron chi connectivity index (χ4n) is 1.64. The molecule has 0 aliphatic carbocycles. The van der Waals surface area contributed by atoms with Crippen molar-refractivity contribution >= 4 is 17.3 Å². The molecule has 0 aliphatic rings. The zero-order valence-electron chi connectivity index (χ0n) is 10.4. The predicted molar refractivity (Wildman–Crippen MR) is 69.0 cm³/mol. The molecule has 5 nitrogen and oxygen atoms in total. The Morgan fingerprint density at radius 1 is 1.47 bits per heavy atom. The molecule has 94 valence electrons. The Bertz CT molecular complexity index is 416. The molecule has 0 radical (unpaired) electrons. The molecule has 0 aliphatic heterocycles. The maximum Gasteiger partial charge on any atom is 0.250 e. The lowest BCUT2D eigenvalue weighted by Gasteiger charge is -2.26. The number of nitrogen functional groups attached to an aromatic ring is 1. The van der Waals surface area contributed by atoms with E-state index in [1.807, 2.05) is 13.8 Å². The normalized spacial score (nSPS) is 11.2. The van der Waals surface area contributed by atoms with Crippen LogP contribution in [0.3, 0.4) is 0 Å². The Morgan fingerprint density at radius 2 is 2.12 bits per heavy atom. The number of amides is 1. The highest BCUT2D eigenvalue weighted by atomic mass is 16.5. The average Bonchev–Trinajstić information content (AvgIpc) is 2.20. The lowest BCUT2D eigenvalue weighted by molar-refractivity contribution is 0.100. The van der Waals surface area contributed by atoms with E-state index in [1.165, 1.54) is 0 Å². The van der Waals surface area contributed by atoms with Gasteiger partial charge in [0.15, 0.2) is 0 Å². The molecule has 1 rings (SSSR count). The summed E-state index contributed by atoms with van der Waals surface area (Å²) in [4.78, 5) is 11.2. The average molecular weight is 237 g/mol. The van der Waals surface area contributed by atoms with Gasteiger partial charge in [-0.15, -0.1) is 0 Å². The van der Waals surface area contributed by atoms with Crippen LogP contribution >= 0.6 is 0 Å². The van der Waals surface area contributed by atoms with E-state index < -0.39 is 5.91 Å². The van der Waals surface area contributed by atoms with Crippen LogP contribution in [-0.4, -0.2) is 25.2 Å². The summed E-state index contributed by atoms with van der Waals surface area (Å²) in [5, 5.41) is 3.25. The third-order valence-electron chi connectivity index (χ3n) is 2.31. The first-order chi connectivity index (χ1) is 7.85. The highest BCUT2D eigenvalue weighted by Crippen LogP contribution is 2.20. The summed E-state index contributed by atoms with van der Waals surface area (Å²) in [6.07, 6.45) is 0. The van der Waals surface area contributed by atoms with Crippen molar-refractivity contribution in [3.63, 3.8) is 0 Å². The number of ether oxygens (including phenoxy) is 1. The van der Waals surface area contributed by atoms with Crippen molar-refractivity contribution in [1.82, 2.24) is 0 Å². The van der Waals surface area contributed by atoms with Crippen molar-refractivity contribution in [1.29, 1.82) is 0 Å². The van der Waals surface area contributed by atoms with Gasteiger partial charge in [-0.3, -0.25) is 4.79 Å². The van der Waals surface area contributed by atoms with Crippen LogP contribution < -0.4 is 16.8 Å². The van der Waals surface area contributed by atoms with Gasteiger partial charge in [0.1, 0.15) is 0 Å². The van der Waals surface area contributed by atoms with E-state index in [-0.39, 0.29) is 5.54 Å². The standard InChI is InChI=1S/C12H19N3O2/c1-12(2,7-17-3)15-8-4-5-10(13)9(6-8)11(14)16/h4-6,15H,7,13H2,1-3H3,(H2,14,16). The van der Waals surface area contributed by atoms with Crippen LogP contribution in [0.5, 0.6) is 0 Å². The SMILES string of the molecule is COCC(C)(C)Nc1ccc(N)c(C(N)=O)c1. The summed E-state index contributed by atoms with van der Waals surface area (Å²) in [5.41, 5.74) is 12.1. The Hall–Kier alpha value is -1.75. The van der Waals surface area contributed by atoms with Gasteiger partial charge in [0.2, 0.25) is 0 Å². The van der Waals surface area contributed by atoms with E-state index in [0.29, 0.717) is 17.9 Å². The quantitative estimate of drug-likeness (QED) is 0.671. The second-order valence-electron chi connectivity index (χ2n) is 4.61. The van der Waals surface area contributed by atoms with Crippen molar-refractivity contribution in [2.45, 2.75) is 19.4 Å². The number of anilines is 2. The monoisotopic (exact) mass is 237 g/mol. The van der Waals surface area contributed by atoms with Crippen molar-refractivity contribution in [3.05, 3.63) is 23.8 Å². The van der Waals surface area contributed by atoms with Gasteiger partial charge in [-0.05, 0) is 32.0 Å². The number of methoxy groups -OCH3 is 1. The summed E-state index contributed by atoms with van der Waals surface area (Å²) in [7, 11) is 1.64. The first-order valence-corrected chi connectivity index (χ1v) is 5.32. The Morgan fingerprint density at radius 3 is 2.65 bits per heavy atom.